The summed E-state index contributed by atoms with van der Waals surface area (Å²) in [4.78, 5) is 27.7. The van der Waals surface area contributed by atoms with Gasteiger partial charge >= 0.3 is 18.0 Å². The number of benzene rings is 3. The molecular formula is C28H25F7N4O3. The van der Waals surface area contributed by atoms with Gasteiger partial charge in [-0.3, -0.25) is 9.59 Å². The fourth-order valence-corrected chi connectivity index (χ4v) is 4.21. The molecular weight excluding hydrogens is 573 g/mol. The molecule has 3 rings (SSSR count). The van der Waals surface area contributed by atoms with Crippen LogP contribution < -0.4 is 16.0 Å². The Kier molecular flexibility index (Phi) is 9.18. The summed E-state index contributed by atoms with van der Waals surface area (Å²) in [6.45, 7) is 2.21. The van der Waals surface area contributed by atoms with E-state index in [-0.39, 0.29) is 46.9 Å². The number of amidine groups is 1. The number of anilines is 2. The van der Waals surface area contributed by atoms with E-state index in [0.717, 1.165) is 13.8 Å². The molecule has 0 fully saturated rings. The maximum Gasteiger partial charge on any atom is 0.435 e. The van der Waals surface area contributed by atoms with Crippen molar-refractivity contribution in [1.82, 2.24) is 0 Å². The number of alkyl halides is 7. The van der Waals surface area contributed by atoms with E-state index < -0.39 is 35.4 Å². The first kappa shape index (κ1) is 31.9. The van der Waals surface area contributed by atoms with Crippen molar-refractivity contribution < 1.29 is 45.5 Å². The predicted molar refractivity (Wildman–Crippen MR) is 141 cm³/mol. The maximum absolute atomic E-state index is 14.6. The second-order valence-electron chi connectivity index (χ2n) is 9.31. The normalized spacial score (nSPS) is 12.6. The zero-order chi connectivity index (χ0) is 31.5. The number of carbonyl (C=O) groups excluding carboxylic acids is 2. The summed E-state index contributed by atoms with van der Waals surface area (Å²) in [6.07, 6.45) is -12.6. The third-order valence-corrected chi connectivity index (χ3v) is 6.36. The summed E-state index contributed by atoms with van der Waals surface area (Å²) in [5, 5.41) is 14.2. The van der Waals surface area contributed by atoms with Gasteiger partial charge in [-0.15, -0.1) is 0 Å². The Morgan fingerprint density at radius 1 is 0.857 bits per heavy atom. The molecule has 0 radical (unpaired) electrons. The summed E-state index contributed by atoms with van der Waals surface area (Å²) in [5.74, 6) is -1.43. The van der Waals surface area contributed by atoms with Crippen LogP contribution in [-0.4, -0.2) is 41.8 Å². The van der Waals surface area contributed by atoms with Crippen LogP contribution in [0.5, 0.6) is 0 Å². The van der Waals surface area contributed by atoms with Crippen molar-refractivity contribution in [2.45, 2.75) is 38.3 Å². The molecule has 3 aromatic carbocycles. The van der Waals surface area contributed by atoms with Gasteiger partial charge in [0.25, 0.3) is 11.8 Å². The van der Waals surface area contributed by atoms with Crippen molar-refractivity contribution in [3.05, 3.63) is 94.5 Å². The van der Waals surface area contributed by atoms with Gasteiger partial charge in [0.05, 0.1) is 0 Å². The van der Waals surface area contributed by atoms with E-state index in [9.17, 15) is 40.3 Å². The Labute approximate surface area is 235 Å². The van der Waals surface area contributed by atoms with Gasteiger partial charge in [-0.2, -0.15) is 26.3 Å². The fourth-order valence-electron chi connectivity index (χ4n) is 4.21. The molecule has 0 spiro atoms. The van der Waals surface area contributed by atoms with Crippen molar-refractivity contribution in [2.24, 2.45) is 10.9 Å². The van der Waals surface area contributed by atoms with Crippen LogP contribution in [0.15, 0.2) is 71.9 Å². The highest BCUT2D eigenvalue weighted by atomic mass is 19.4. The van der Waals surface area contributed by atoms with E-state index in [4.69, 9.17) is 10.9 Å². The van der Waals surface area contributed by atoms with Crippen LogP contribution >= 0.6 is 0 Å². The van der Waals surface area contributed by atoms with E-state index in [1.54, 1.807) is 30.3 Å². The van der Waals surface area contributed by atoms with Crippen LogP contribution in [0.3, 0.4) is 0 Å². The molecule has 2 amide bonds. The Morgan fingerprint density at radius 2 is 1.40 bits per heavy atom. The number of rotatable bonds is 8. The topological polar surface area (TPSA) is 108 Å². The number of amides is 2. The molecule has 42 heavy (non-hydrogen) atoms. The molecule has 0 saturated carbocycles. The Hall–Kier alpha value is -4.62. The Balaban J connectivity index is 1.96. The highest BCUT2D eigenvalue weighted by Gasteiger charge is 2.73. The van der Waals surface area contributed by atoms with Gasteiger partial charge in [0, 0.05) is 41.0 Å². The number of nitrogens with two attached hydrogens (primary N) is 1. The minimum atomic E-state index is -6.29. The molecule has 14 heteroatoms. The van der Waals surface area contributed by atoms with Crippen molar-refractivity contribution in [3.8, 4) is 0 Å². The molecule has 0 atom stereocenters. The maximum atomic E-state index is 14.6. The number of aryl methyl sites for hydroxylation is 2. The lowest BCUT2D eigenvalue weighted by Crippen LogP contribution is -2.50. The number of halogens is 7. The average molecular weight is 599 g/mol. The van der Waals surface area contributed by atoms with Gasteiger partial charge in [-0.1, -0.05) is 41.6 Å². The highest BCUT2D eigenvalue weighted by molar-refractivity contribution is 6.09. The van der Waals surface area contributed by atoms with Gasteiger partial charge in [-0.05, 0) is 55.3 Å². The van der Waals surface area contributed by atoms with E-state index in [2.05, 4.69) is 10.5 Å². The molecule has 3 aromatic rings. The van der Waals surface area contributed by atoms with Gasteiger partial charge < -0.3 is 21.2 Å². The van der Waals surface area contributed by atoms with Crippen molar-refractivity contribution in [2.75, 3.05) is 16.8 Å². The quantitative estimate of drug-likeness (QED) is 0.0890. The van der Waals surface area contributed by atoms with Crippen LogP contribution in [0.4, 0.5) is 42.1 Å². The van der Waals surface area contributed by atoms with Gasteiger partial charge in [-0.25, -0.2) is 4.39 Å². The SMILES string of the molecule is Cc1cc(C(F)(C(F)(F)F)C(F)(F)F)cc(C)c1NC(=O)c1cccc(N(CCC(N)=NO)C(=O)c2ccccc2)c1. The van der Waals surface area contributed by atoms with Crippen LogP contribution in [-0.2, 0) is 5.67 Å². The molecule has 0 saturated heterocycles. The summed E-state index contributed by atoms with van der Waals surface area (Å²) in [6, 6.07) is 14.6. The first-order valence-electron chi connectivity index (χ1n) is 12.2. The Bertz CT molecular complexity index is 1450. The van der Waals surface area contributed by atoms with E-state index in [0.29, 0.717) is 17.7 Å². The molecule has 0 aromatic heterocycles. The molecule has 7 nitrogen and oxygen atoms in total. The molecule has 4 N–H and O–H groups in total. The molecule has 0 aliphatic carbocycles. The monoisotopic (exact) mass is 598 g/mol. The van der Waals surface area contributed by atoms with Crippen molar-refractivity contribution in [1.29, 1.82) is 0 Å². The van der Waals surface area contributed by atoms with E-state index in [1.807, 2.05) is 0 Å². The van der Waals surface area contributed by atoms with Gasteiger partial charge in [0.2, 0.25) is 0 Å². The minimum absolute atomic E-state index is 0.0181. The summed E-state index contributed by atoms with van der Waals surface area (Å²) < 4.78 is 94.1. The van der Waals surface area contributed by atoms with Crippen LogP contribution in [0.1, 0.15) is 43.8 Å². The fraction of sp³-hybridized carbons (Fsp3) is 0.250. The molecule has 0 unspecified atom stereocenters. The lowest BCUT2D eigenvalue weighted by Gasteiger charge is -2.31. The van der Waals surface area contributed by atoms with Crippen molar-refractivity contribution in [3.63, 3.8) is 0 Å². The molecule has 224 valence electrons. The summed E-state index contributed by atoms with van der Waals surface area (Å²) in [7, 11) is 0. The predicted octanol–water partition coefficient (Wildman–Crippen LogP) is 6.63. The lowest BCUT2D eigenvalue weighted by atomic mass is 9.90. The molecule has 0 aliphatic rings. The second kappa shape index (κ2) is 12.1. The summed E-state index contributed by atoms with van der Waals surface area (Å²) in [5.41, 5.74) is -1.81. The lowest BCUT2D eigenvalue weighted by molar-refractivity contribution is -0.348. The largest absolute Gasteiger partial charge is 0.435 e. The van der Waals surface area contributed by atoms with Gasteiger partial charge in [0.1, 0.15) is 5.84 Å². The second-order valence-corrected chi connectivity index (χ2v) is 9.31. The minimum Gasteiger partial charge on any atom is -0.409 e. The van der Waals surface area contributed by atoms with Crippen LogP contribution in [0.2, 0.25) is 0 Å². The van der Waals surface area contributed by atoms with Gasteiger partial charge in [0.15, 0.2) is 0 Å². The van der Waals surface area contributed by atoms with Crippen LogP contribution in [0, 0.1) is 13.8 Å². The average Bonchev–Trinajstić information content (AvgIpc) is 2.93. The third kappa shape index (κ3) is 6.47. The number of carbonyl (C=O) groups is 2. The number of nitrogens with one attached hydrogen (secondary N) is 1. The number of hydrogen-bond acceptors (Lipinski definition) is 4. The number of hydrogen-bond donors (Lipinski definition) is 3. The smallest absolute Gasteiger partial charge is 0.409 e. The van der Waals surface area contributed by atoms with Crippen molar-refractivity contribution >= 4 is 29.0 Å². The zero-order valence-corrected chi connectivity index (χ0v) is 22.1. The Morgan fingerprint density at radius 3 is 1.93 bits per heavy atom. The molecule has 0 heterocycles. The zero-order valence-electron chi connectivity index (χ0n) is 22.1. The molecule has 0 bridgehead atoms. The third-order valence-electron chi connectivity index (χ3n) is 6.36. The molecule has 0 aliphatic heterocycles. The van der Waals surface area contributed by atoms with Crippen LogP contribution in [0.25, 0.3) is 0 Å². The number of oxime groups is 1. The first-order chi connectivity index (χ1) is 19.5. The highest BCUT2D eigenvalue weighted by Crippen LogP contribution is 2.53. The summed E-state index contributed by atoms with van der Waals surface area (Å²) >= 11 is 0. The van der Waals surface area contributed by atoms with E-state index >= 15 is 0 Å². The number of nitrogens with zero attached hydrogens (tertiary/aromatic N) is 2. The van der Waals surface area contributed by atoms with E-state index in [1.165, 1.54) is 29.2 Å². The standard InChI is InChI=1S/C28H25F7N4O3/c1-16-13-20(26(29,27(30,31)32)28(33,34)35)14-17(2)23(16)37-24(40)19-9-6-10-21(15-19)39(12-11-22(36)38-42)25(41)18-7-4-3-5-8-18/h3-10,13-15,42H,11-12H2,1-2H3,(H2,36,38)(H,37,40). The first-order valence-corrected chi connectivity index (χ1v) is 12.2.